The summed E-state index contributed by atoms with van der Waals surface area (Å²) < 4.78 is 9.58. The van der Waals surface area contributed by atoms with Crippen LogP contribution in [0.5, 0.6) is 0 Å². The maximum absolute atomic E-state index is 11.4. The molecule has 0 saturated carbocycles. The third-order valence-electron chi connectivity index (χ3n) is 2.12. The van der Waals surface area contributed by atoms with Gasteiger partial charge in [-0.25, -0.2) is 19.6 Å². The van der Waals surface area contributed by atoms with Crippen molar-refractivity contribution in [3.63, 3.8) is 0 Å². The highest BCUT2D eigenvalue weighted by Gasteiger charge is 2.15. The number of nitrogens with zero attached hydrogens (tertiary/aromatic N) is 2. The number of anilines is 1. The van der Waals surface area contributed by atoms with Gasteiger partial charge in [0.15, 0.2) is 11.5 Å². The van der Waals surface area contributed by atoms with Crippen molar-refractivity contribution in [1.29, 1.82) is 0 Å². The number of carbonyl (C=O) groups is 2. The van der Waals surface area contributed by atoms with E-state index in [-0.39, 0.29) is 23.8 Å². The number of amides is 1. The molecule has 8 heteroatoms. The number of carbonyl (C=O) groups excluding carboxylic acids is 2. The molecule has 0 aliphatic heterocycles. The Kier molecular flexibility index (Phi) is 5.69. The SMILES string of the molecule is COC(=O)c1nc(C#CCNC(=O)OC(C)(C)C)cnc1N. The van der Waals surface area contributed by atoms with Gasteiger partial charge in [-0.3, -0.25) is 0 Å². The van der Waals surface area contributed by atoms with E-state index in [0.29, 0.717) is 0 Å². The van der Waals surface area contributed by atoms with Crippen LogP contribution in [0.1, 0.15) is 37.0 Å². The van der Waals surface area contributed by atoms with Gasteiger partial charge in [-0.1, -0.05) is 5.92 Å². The Morgan fingerprint density at radius 3 is 2.68 bits per heavy atom. The number of nitrogens with one attached hydrogen (secondary N) is 1. The van der Waals surface area contributed by atoms with Gasteiger partial charge in [0.25, 0.3) is 0 Å². The standard InChI is InChI=1S/C14H18N4O4/c1-14(2,3)22-13(20)16-7-5-6-9-8-17-11(15)10(18-9)12(19)21-4/h8H,7H2,1-4H3,(H2,15,17)(H,16,20). The molecular formula is C14H18N4O4. The second-order valence-corrected chi connectivity index (χ2v) is 5.14. The van der Waals surface area contributed by atoms with Crippen LogP contribution < -0.4 is 11.1 Å². The predicted octanol–water partition coefficient (Wildman–Crippen LogP) is 0.722. The zero-order valence-electron chi connectivity index (χ0n) is 12.9. The van der Waals surface area contributed by atoms with E-state index >= 15 is 0 Å². The molecule has 1 amide bonds. The first kappa shape index (κ1) is 17.2. The Morgan fingerprint density at radius 1 is 1.41 bits per heavy atom. The molecule has 3 N–H and O–H groups in total. The average Bonchev–Trinajstić information content (AvgIpc) is 2.42. The number of nitrogens with two attached hydrogens (primary N) is 1. The zero-order valence-corrected chi connectivity index (χ0v) is 12.9. The summed E-state index contributed by atoms with van der Waals surface area (Å²) in [6.45, 7) is 5.35. The summed E-state index contributed by atoms with van der Waals surface area (Å²) in [7, 11) is 1.21. The maximum atomic E-state index is 11.4. The first-order valence-electron chi connectivity index (χ1n) is 6.39. The summed E-state index contributed by atoms with van der Waals surface area (Å²) in [5.41, 5.74) is 5.08. The lowest BCUT2D eigenvalue weighted by molar-refractivity contribution is 0.0533. The number of hydrogen-bond acceptors (Lipinski definition) is 7. The van der Waals surface area contributed by atoms with Gasteiger partial charge in [0.2, 0.25) is 0 Å². The molecule has 0 bridgehead atoms. The van der Waals surface area contributed by atoms with Crippen molar-refractivity contribution in [3.05, 3.63) is 17.6 Å². The summed E-state index contributed by atoms with van der Waals surface area (Å²) in [6.07, 6.45) is 0.753. The summed E-state index contributed by atoms with van der Waals surface area (Å²) in [5.74, 6) is 4.59. The van der Waals surface area contributed by atoms with Gasteiger partial charge < -0.3 is 20.5 Å². The molecule has 0 unspecified atom stereocenters. The van der Waals surface area contributed by atoms with Crippen molar-refractivity contribution in [2.24, 2.45) is 0 Å². The van der Waals surface area contributed by atoms with Crippen LogP contribution in [0.4, 0.5) is 10.6 Å². The fraction of sp³-hybridized carbons (Fsp3) is 0.429. The van der Waals surface area contributed by atoms with Crippen LogP contribution in [0, 0.1) is 11.8 Å². The molecule has 0 saturated heterocycles. The maximum Gasteiger partial charge on any atom is 0.408 e. The van der Waals surface area contributed by atoms with E-state index in [2.05, 4.69) is 31.9 Å². The van der Waals surface area contributed by atoms with Crippen molar-refractivity contribution >= 4 is 17.9 Å². The van der Waals surface area contributed by atoms with Crippen LogP contribution in [0.3, 0.4) is 0 Å². The number of aromatic nitrogens is 2. The van der Waals surface area contributed by atoms with Crippen molar-refractivity contribution < 1.29 is 19.1 Å². The molecule has 118 valence electrons. The number of nitrogen functional groups attached to an aromatic ring is 1. The number of rotatable bonds is 2. The molecule has 0 aliphatic rings. The lowest BCUT2D eigenvalue weighted by Crippen LogP contribution is -2.32. The van der Waals surface area contributed by atoms with Gasteiger partial charge in [0, 0.05) is 0 Å². The summed E-state index contributed by atoms with van der Waals surface area (Å²) in [4.78, 5) is 30.6. The van der Waals surface area contributed by atoms with Crippen molar-refractivity contribution in [1.82, 2.24) is 15.3 Å². The predicted molar refractivity (Wildman–Crippen MR) is 78.9 cm³/mol. The molecule has 0 radical (unpaired) electrons. The van der Waals surface area contributed by atoms with Gasteiger partial charge in [-0.05, 0) is 26.7 Å². The second-order valence-electron chi connectivity index (χ2n) is 5.14. The Hall–Kier alpha value is -2.82. The Bertz CT molecular complexity index is 626. The monoisotopic (exact) mass is 306 g/mol. The molecule has 22 heavy (non-hydrogen) atoms. The lowest BCUT2D eigenvalue weighted by atomic mass is 10.2. The van der Waals surface area contributed by atoms with Crippen molar-refractivity contribution in [2.75, 3.05) is 19.4 Å². The summed E-state index contributed by atoms with van der Waals surface area (Å²) in [6, 6.07) is 0. The van der Waals surface area contributed by atoms with Gasteiger partial charge in [-0.2, -0.15) is 0 Å². The van der Waals surface area contributed by atoms with E-state index in [1.54, 1.807) is 20.8 Å². The quantitative estimate of drug-likeness (QED) is 0.610. The largest absolute Gasteiger partial charge is 0.464 e. The number of hydrogen-bond donors (Lipinski definition) is 2. The Balaban J connectivity index is 2.66. The molecule has 1 aromatic heterocycles. The number of alkyl carbamates (subject to hydrolysis) is 1. The van der Waals surface area contributed by atoms with Crippen LogP contribution in [0.15, 0.2) is 6.20 Å². The summed E-state index contributed by atoms with van der Waals surface area (Å²) in [5, 5.41) is 2.47. The highest BCUT2D eigenvalue weighted by atomic mass is 16.6. The van der Waals surface area contributed by atoms with Crippen LogP contribution in [0.25, 0.3) is 0 Å². The molecule has 0 spiro atoms. The minimum atomic E-state index is -0.694. The van der Waals surface area contributed by atoms with Gasteiger partial charge in [-0.15, -0.1) is 0 Å². The molecular weight excluding hydrogens is 288 g/mol. The first-order valence-corrected chi connectivity index (χ1v) is 6.39. The molecule has 0 aromatic carbocycles. The van der Waals surface area contributed by atoms with Crippen LogP contribution >= 0.6 is 0 Å². The fourth-order valence-electron chi connectivity index (χ4n) is 1.27. The average molecular weight is 306 g/mol. The smallest absolute Gasteiger partial charge is 0.408 e. The van der Waals surface area contributed by atoms with E-state index in [0.717, 1.165) is 0 Å². The topological polar surface area (TPSA) is 116 Å². The third-order valence-corrected chi connectivity index (χ3v) is 2.12. The molecule has 0 atom stereocenters. The minimum Gasteiger partial charge on any atom is -0.464 e. The van der Waals surface area contributed by atoms with Crippen LogP contribution in [0.2, 0.25) is 0 Å². The Labute approximate surface area is 128 Å². The number of methoxy groups -OCH3 is 1. The van der Waals surface area contributed by atoms with E-state index in [1.807, 2.05) is 0 Å². The van der Waals surface area contributed by atoms with Crippen LogP contribution in [-0.4, -0.2) is 41.3 Å². The van der Waals surface area contributed by atoms with E-state index in [4.69, 9.17) is 10.5 Å². The second kappa shape index (κ2) is 7.26. The lowest BCUT2D eigenvalue weighted by Gasteiger charge is -2.18. The number of ether oxygens (including phenoxy) is 2. The van der Waals surface area contributed by atoms with Crippen molar-refractivity contribution in [2.45, 2.75) is 26.4 Å². The van der Waals surface area contributed by atoms with E-state index in [9.17, 15) is 9.59 Å². The normalized spacial score (nSPS) is 10.2. The summed E-state index contributed by atoms with van der Waals surface area (Å²) >= 11 is 0. The highest BCUT2D eigenvalue weighted by Crippen LogP contribution is 2.07. The van der Waals surface area contributed by atoms with Crippen LogP contribution in [-0.2, 0) is 9.47 Å². The fourth-order valence-corrected chi connectivity index (χ4v) is 1.27. The number of esters is 1. The molecule has 0 fully saturated rings. The minimum absolute atomic E-state index is 0.0377. The zero-order chi connectivity index (χ0) is 16.8. The third kappa shape index (κ3) is 5.66. The molecule has 1 aromatic rings. The van der Waals surface area contributed by atoms with Gasteiger partial charge in [0.1, 0.15) is 11.3 Å². The molecule has 1 rings (SSSR count). The molecule has 8 nitrogen and oxygen atoms in total. The van der Waals surface area contributed by atoms with E-state index < -0.39 is 17.7 Å². The van der Waals surface area contributed by atoms with Gasteiger partial charge in [0.05, 0.1) is 19.9 Å². The molecule has 1 heterocycles. The molecule has 0 aliphatic carbocycles. The van der Waals surface area contributed by atoms with Crippen molar-refractivity contribution in [3.8, 4) is 11.8 Å². The first-order chi connectivity index (χ1) is 10.2. The van der Waals surface area contributed by atoms with Gasteiger partial charge >= 0.3 is 12.1 Å². The highest BCUT2D eigenvalue weighted by molar-refractivity contribution is 5.91. The Morgan fingerprint density at radius 2 is 2.09 bits per heavy atom. The van der Waals surface area contributed by atoms with E-state index in [1.165, 1.54) is 13.3 Å².